The zero-order chi connectivity index (χ0) is 14.9. The molecule has 5 heteroatoms. The van der Waals surface area contributed by atoms with Gasteiger partial charge in [0.15, 0.2) is 0 Å². The molecule has 1 aliphatic rings. The molecule has 1 amide bonds. The number of carboxylic acid groups (broad SMARTS) is 1. The lowest BCUT2D eigenvalue weighted by Gasteiger charge is -2.37. The van der Waals surface area contributed by atoms with Crippen molar-refractivity contribution in [2.45, 2.75) is 32.7 Å². The van der Waals surface area contributed by atoms with Gasteiger partial charge in [0.25, 0.3) is 5.91 Å². The van der Waals surface area contributed by atoms with Gasteiger partial charge in [0, 0.05) is 12.1 Å². The Labute approximate surface area is 117 Å². The highest BCUT2D eigenvalue weighted by atomic mass is 19.1. The maximum Gasteiger partial charge on any atom is 0.326 e. The molecule has 0 saturated carbocycles. The lowest BCUT2D eigenvalue weighted by Crippen LogP contribution is -2.51. The highest BCUT2D eigenvalue weighted by Crippen LogP contribution is 2.25. The number of carboxylic acids is 1. The van der Waals surface area contributed by atoms with Crippen LogP contribution in [0.15, 0.2) is 18.2 Å². The molecule has 0 aromatic heterocycles. The molecule has 0 bridgehead atoms. The van der Waals surface area contributed by atoms with Gasteiger partial charge in [-0.25, -0.2) is 9.18 Å². The fourth-order valence-electron chi connectivity index (χ4n) is 2.74. The molecule has 0 radical (unpaired) electrons. The second kappa shape index (κ2) is 5.61. The molecule has 2 rings (SSSR count). The minimum absolute atomic E-state index is 0.0771. The Morgan fingerprint density at radius 3 is 2.70 bits per heavy atom. The van der Waals surface area contributed by atoms with Crippen molar-refractivity contribution < 1.29 is 19.1 Å². The lowest BCUT2D eigenvalue weighted by atomic mass is 9.90. The van der Waals surface area contributed by atoms with Crippen molar-refractivity contribution in [3.05, 3.63) is 35.1 Å². The van der Waals surface area contributed by atoms with E-state index in [-0.39, 0.29) is 17.6 Å². The summed E-state index contributed by atoms with van der Waals surface area (Å²) < 4.78 is 13.3. The van der Waals surface area contributed by atoms with Gasteiger partial charge in [-0.05, 0) is 49.4 Å². The smallest absolute Gasteiger partial charge is 0.326 e. The molecule has 20 heavy (non-hydrogen) atoms. The van der Waals surface area contributed by atoms with Crippen LogP contribution < -0.4 is 0 Å². The third-order valence-corrected chi connectivity index (χ3v) is 3.85. The summed E-state index contributed by atoms with van der Waals surface area (Å²) in [5, 5.41) is 9.32. The third-order valence-electron chi connectivity index (χ3n) is 3.85. The van der Waals surface area contributed by atoms with Crippen molar-refractivity contribution >= 4 is 11.9 Å². The second-order valence-electron chi connectivity index (χ2n) is 5.37. The van der Waals surface area contributed by atoms with E-state index in [1.807, 2.05) is 6.92 Å². The molecule has 4 nitrogen and oxygen atoms in total. The Hall–Kier alpha value is -1.91. The molecule has 1 aliphatic heterocycles. The summed E-state index contributed by atoms with van der Waals surface area (Å²) in [7, 11) is 0. The number of hydrogen-bond donors (Lipinski definition) is 1. The van der Waals surface area contributed by atoms with E-state index in [1.54, 1.807) is 6.92 Å². The van der Waals surface area contributed by atoms with Crippen molar-refractivity contribution in [3.63, 3.8) is 0 Å². The number of amides is 1. The van der Waals surface area contributed by atoms with Gasteiger partial charge < -0.3 is 10.0 Å². The van der Waals surface area contributed by atoms with Gasteiger partial charge in [-0.2, -0.15) is 0 Å². The highest BCUT2D eigenvalue weighted by Gasteiger charge is 2.37. The van der Waals surface area contributed by atoms with Crippen LogP contribution in [0.4, 0.5) is 4.39 Å². The van der Waals surface area contributed by atoms with Gasteiger partial charge in [-0.3, -0.25) is 4.79 Å². The summed E-state index contributed by atoms with van der Waals surface area (Å²) in [6, 6.07) is 3.31. The molecular weight excluding hydrogens is 261 g/mol. The molecule has 1 fully saturated rings. The van der Waals surface area contributed by atoms with E-state index < -0.39 is 12.0 Å². The van der Waals surface area contributed by atoms with Crippen LogP contribution in [0, 0.1) is 18.7 Å². The first-order valence-electron chi connectivity index (χ1n) is 6.71. The SMILES string of the molecule is Cc1cc(C(=O)N2CCCC(C)C2C(=O)O)ccc1F. The van der Waals surface area contributed by atoms with E-state index in [9.17, 15) is 19.1 Å². The molecule has 0 aliphatic carbocycles. The number of aryl methyl sites for hydroxylation is 1. The van der Waals surface area contributed by atoms with Gasteiger partial charge >= 0.3 is 5.97 Å². The molecule has 1 aromatic rings. The first-order valence-corrected chi connectivity index (χ1v) is 6.71. The molecule has 1 saturated heterocycles. The maximum atomic E-state index is 13.3. The lowest BCUT2D eigenvalue weighted by molar-refractivity contribution is -0.145. The first kappa shape index (κ1) is 14.5. The zero-order valence-electron chi connectivity index (χ0n) is 11.6. The fraction of sp³-hybridized carbons (Fsp3) is 0.467. The Bertz CT molecular complexity index is 544. The van der Waals surface area contributed by atoms with E-state index >= 15 is 0 Å². The Morgan fingerprint density at radius 2 is 2.10 bits per heavy atom. The second-order valence-corrected chi connectivity index (χ2v) is 5.37. The fourth-order valence-corrected chi connectivity index (χ4v) is 2.74. The third kappa shape index (κ3) is 2.66. The van der Waals surface area contributed by atoms with E-state index in [2.05, 4.69) is 0 Å². The largest absolute Gasteiger partial charge is 0.480 e. The van der Waals surface area contributed by atoms with Crippen molar-refractivity contribution in [3.8, 4) is 0 Å². The summed E-state index contributed by atoms with van der Waals surface area (Å²) in [6.45, 7) is 3.85. The topological polar surface area (TPSA) is 57.6 Å². The van der Waals surface area contributed by atoms with E-state index in [1.165, 1.54) is 23.1 Å². The molecule has 1 N–H and O–H groups in total. The van der Waals surface area contributed by atoms with Crippen molar-refractivity contribution in [1.29, 1.82) is 0 Å². The number of halogens is 1. The quantitative estimate of drug-likeness (QED) is 0.904. The Morgan fingerprint density at radius 1 is 1.40 bits per heavy atom. The average molecular weight is 279 g/mol. The molecule has 2 unspecified atom stereocenters. The minimum Gasteiger partial charge on any atom is -0.480 e. The minimum atomic E-state index is -0.982. The van der Waals surface area contributed by atoms with Crippen molar-refractivity contribution in [1.82, 2.24) is 4.90 Å². The number of aliphatic carboxylic acids is 1. The summed E-state index contributed by atoms with van der Waals surface area (Å²) in [5.74, 6) is -1.77. The molecule has 2 atom stereocenters. The van der Waals surface area contributed by atoms with Crippen LogP contribution in [0.1, 0.15) is 35.7 Å². The van der Waals surface area contributed by atoms with Crippen LogP contribution in [0.2, 0.25) is 0 Å². The summed E-state index contributed by atoms with van der Waals surface area (Å²) in [4.78, 5) is 25.2. The van der Waals surface area contributed by atoms with Crippen LogP contribution >= 0.6 is 0 Å². The number of rotatable bonds is 2. The Kier molecular flexibility index (Phi) is 4.06. The van der Waals surface area contributed by atoms with Crippen molar-refractivity contribution in [2.24, 2.45) is 5.92 Å². The van der Waals surface area contributed by atoms with Crippen LogP contribution in [0.25, 0.3) is 0 Å². The molecule has 1 heterocycles. The molecule has 108 valence electrons. The van der Waals surface area contributed by atoms with E-state index in [0.29, 0.717) is 17.7 Å². The molecule has 1 aromatic carbocycles. The zero-order valence-corrected chi connectivity index (χ0v) is 11.6. The molecular formula is C15H18FNO3. The number of likely N-dealkylation sites (tertiary alicyclic amines) is 1. The van der Waals surface area contributed by atoms with E-state index in [0.717, 1.165) is 12.8 Å². The van der Waals surface area contributed by atoms with Crippen LogP contribution in [0.5, 0.6) is 0 Å². The van der Waals surface area contributed by atoms with Gasteiger partial charge in [0.05, 0.1) is 0 Å². The monoisotopic (exact) mass is 279 g/mol. The van der Waals surface area contributed by atoms with Gasteiger partial charge in [-0.1, -0.05) is 6.92 Å². The highest BCUT2D eigenvalue weighted by molar-refractivity contribution is 5.97. The van der Waals surface area contributed by atoms with Gasteiger partial charge in [0.2, 0.25) is 0 Å². The summed E-state index contributed by atoms with van der Waals surface area (Å²) in [5.41, 5.74) is 0.719. The first-order chi connectivity index (χ1) is 9.41. The van der Waals surface area contributed by atoms with Crippen LogP contribution in [0.3, 0.4) is 0 Å². The number of nitrogens with zero attached hydrogens (tertiary/aromatic N) is 1. The molecule has 0 spiro atoms. The predicted molar refractivity (Wildman–Crippen MR) is 72.0 cm³/mol. The number of benzene rings is 1. The van der Waals surface area contributed by atoms with Crippen molar-refractivity contribution in [2.75, 3.05) is 6.54 Å². The number of hydrogen-bond acceptors (Lipinski definition) is 2. The number of carbonyl (C=O) groups excluding carboxylic acids is 1. The van der Waals surface area contributed by atoms with Crippen LogP contribution in [-0.2, 0) is 4.79 Å². The van der Waals surface area contributed by atoms with Crippen LogP contribution in [-0.4, -0.2) is 34.5 Å². The number of piperidine rings is 1. The maximum absolute atomic E-state index is 13.3. The van der Waals surface area contributed by atoms with Gasteiger partial charge in [-0.15, -0.1) is 0 Å². The predicted octanol–water partition coefficient (Wildman–Crippen LogP) is 2.46. The summed E-state index contributed by atoms with van der Waals surface area (Å²) >= 11 is 0. The van der Waals surface area contributed by atoms with Gasteiger partial charge in [0.1, 0.15) is 11.9 Å². The standard InChI is InChI=1S/C15H18FNO3/c1-9-4-3-7-17(13(9)15(19)20)14(18)11-5-6-12(16)10(2)8-11/h5-6,8-9,13H,3-4,7H2,1-2H3,(H,19,20). The normalized spacial score (nSPS) is 22.6. The van der Waals surface area contributed by atoms with E-state index in [4.69, 9.17) is 0 Å². The number of carbonyl (C=O) groups is 2. The Balaban J connectivity index is 2.30. The average Bonchev–Trinajstić information content (AvgIpc) is 2.40. The summed E-state index contributed by atoms with van der Waals surface area (Å²) in [6.07, 6.45) is 1.58.